The van der Waals surface area contributed by atoms with Crippen LogP contribution >= 0.6 is 0 Å². The van der Waals surface area contributed by atoms with E-state index in [0.717, 1.165) is 0 Å². The van der Waals surface area contributed by atoms with E-state index >= 15 is 0 Å². The van der Waals surface area contributed by atoms with Crippen LogP contribution in [0.25, 0.3) is 0 Å². The van der Waals surface area contributed by atoms with E-state index in [1.807, 2.05) is 20.8 Å². The highest BCUT2D eigenvalue weighted by Crippen LogP contribution is 2.03. The van der Waals surface area contributed by atoms with Crippen LogP contribution in [0.3, 0.4) is 0 Å². The summed E-state index contributed by atoms with van der Waals surface area (Å²) in [6, 6.07) is 0. The smallest absolute Gasteiger partial charge is 0.329 e. The topological polar surface area (TPSA) is 46.5 Å². The van der Waals surface area contributed by atoms with Crippen molar-refractivity contribution in [2.24, 2.45) is 5.92 Å². The molecule has 1 N–H and O–H groups in total. The Hall–Kier alpha value is -0.570. The number of hydrogen-bond acceptors (Lipinski definition) is 2. The number of aliphatic carboxylic acids is 1. The number of rotatable bonds is 4. The Labute approximate surface area is 61.0 Å². The molecular formula is C7H14O3. The predicted octanol–water partition coefficient (Wildman–Crippen LogP) is 1.13. The van der Waals surface area contributed by atoms with Crippen molar-refractivity contribution in [1.29, 1.82) is 0 Å². The minimum atomic E-state index is -0.910. The first-order valence-electron chi connectivity index (χ1n) is 3.37. The van der Waals surface area contributed by atoms with Crippen molar-refractivity contribution in [2.45, 2.75) is 26.9 Å². The van der Waals surface area contributed by atoms with Crippen LogP contribution < -0.4 is 0 Å². The molecular weight excluding hydrogens is 132 g/mol. The second-order valence-electron chi connectivity index (χ2n) is 2.65. The van der Waals surface area contributed by atoms with Crippen LogP contribution in [-0.2, 0) is 9.53 Å². The maximum Gasteiger partial charge on any atom is 0.329 e. The summed E-state index contributed by atoms with van der Waals surface area (Å²) in [5, 5.41) is 8.22. The Morgan fingerprint density at radius 3 is 2.30 bits per heavy atom. The zero-order valence-electron chi connectivity index (χ0n) is 6.63. The number of carboxylic acid groups (broad SMARTS) is 1. The Balaban J connectivity index is 3.39. The van der Waals surface area contributed by atoms with Gasteiger partial charge in [0.05, 0.1) is 6.10 Å². The summed E-state index contributed by atoms with van der Waals surface area (Å²) in [6.45, 7) is 5.66. The molecule has 0 aromatic rings. The molecule has 0 aromatic heterocycles. The van der Waals surface area contributed by atoms with Gasteiger partial charge >= 0.3 is 5.97 Å². The van der Waals surface area contributed by atoms with E-state index < -0.39 is 5.97 Å². The van der Waals surface area contributed by atoms with E-state index in [9.17, 15) is 4.79 Å². The van der Waals surface area contributed by atoms with Crippen molar-refractivity contribution in [1.82, 2.24) is 0 Å². The molecule has 0 fully saturated rings. The van der Waals surface area contributed by atoms with E-state index in [4.69, 9.17) is 9.84 Å². The van der Waals surface area contributed by atoms with Crippen LogP contribution in [0, 0.1) is 5.92 Å². The highest BCUT2D eigenvalue weighted by molar-refractivity contribution is 5.68. The molecule has 0 saturated heterocycles. The van der Waals surface area contributed by atoms with Crippen LogP contribution in [-0.4, -0.2) is 23.8 Å². The van der Waals surface area contributed by atoms with Gasteiger partial charge in [0.2, 0.25) is 0 Å². The summed E-state index contributed by atoms with van der Waals surface area (Å²) in [5.41, 5.74) is 0. The molecule has 0 aliphatic carbocycles. The van der Waals surface area contributed by atoms with Gasteiger partial charge in [0.1, 0.15) is 6.61 Å². The van der Waals surface area contributed by atoms with E-state index in [-0.39, 0.29) is 12.7 Å². The number of hydrogen-bond donors (Lipinski definition) is 1. The monoisotopic (exact) mass is 146 g/mol. The third-order valence-corrected chi connectivity index (χ3v) is 1.41. The first-order valence-corrected chi connectivity index (χ1v) is 3.37. The van der Waals surface area contributed by atoms with Gasteiger partial charge in [-0.2, -0.15) is 0 Å². The lowest BCUT2D eigenvalue weighted by atomic mass is 10.1. The average Bonchev–Trinajstić information content (AvgIpc) is 1.82. The van der Waals surface area contributed by atoms with Crippen molar-refractivity contribution in [3.63, 3.8) is 0 Å². The third kappa shape index (κ3) is 4.32. The van der Waals surface area contributed by atoms with Crippen molar-refractivity contribution in [3.05, 3.63) is 0 Å². The summed E-state index contributed by atoms with van der Waals surface area (Å²) < 4.78 is 4.97. The van der Waals surface area contributed by atoms with Crippen LogP contribution in [0.2, 0.25) is 0 Å². The van der Waals surface area contributed by atoms with Gasteiger partial charge < -0.3 is 9.84 Å². The lowest BCUT2D eigenvalue weighted by Gasteiger charge is -2.14. The molecule has 0 aromatic carbocycles. The van der Waals surface area contributed by atoms with Gasteiger partial charge in [-0.1, -0.05) is 13.8 Å². The molecule has 0 spiro atoms. The summed E-state index contributed by atoms with van der Waals surface area (Å²) in [4.78, 5) is 10.0. The maximum absolute atomic E-state index is 10.0. The van der Waals surface area contributed by atoms with Gasteiger partial charge in [0.15, 0.2) is 0 Å². The first kappa shape index (κ1) is 9.43. The Bertz CT molecular complexity index is 109. The van der Waals surface area contributed by atoms with Crippen molar-refractivity contribution in [3.8, 4) is 0 Å². The van der Waals surface area contributed by atoms with Crippen LogP contribution in [0.15, 0.2) is 0 Å². The van der Waals surface area contributed by atoms with Crippen LogP contribution in [0.1, 0.15) is 20.8 Å². The fourth-order valence-electron chi connectivity index (χ4n) is 0.395. The molecule has 0 heterocycles. The molecule has 10 heavy (non-hydrogen) atoms. The van der Waals surface area contributed by atoms with E-state index in [1.54, 1.807) is 0 Å². The molecule has 0 rings (SSSR count). The van der Waals surface area contributed by atoms with Crippen molar-refractivity contribution < 1.29 is 14.6 Å². The second-order valence-corrected chi connectivity index (χ2v) is 2.65. The molecule has 0 aliphatic heterocycles. The average molecular weight is 146 g/mol. The normalized spacial score (nSPS) is 13.6. The zero-order valence-corrected chi connectivity index (χ0v) is 6.63. The zero-order chi connectivity index (χ0) is 8.15. The van der Waals surface area contributed by atoms with Crippen LogP contribution in [0.5, 0.6) is 0 Å². The summed E-state index contributed by atoms with van der Waals surface area (Å²) >= 11 is 0. The highest BCUT2D eigenvalue weighted by Gasteiger charge is 2.08. The minimum Gasteiger partial charge on any atom is -0.480 e. The lowest BCUT2D eigenvalue weighted by Crippen LogP contribution is -2.19. The van der Waals surface area contributed by atoms with E-state index in [1.165, 1.54) is 0 Å². The van der Waals surface area contributed by atoms with Gasteiger partial charge in [-0.3, -0.25) is 0 Å². The lowest BCUT2D eigenvalue weighted by molar-refractivity contribution is -0.144. The van der Waals surface area contributed by atoms with Gasteiger partial charge in [0, 0.05) is 0 Å². The molecule has 60 valence electrons. The molecule has 3 nitrogen and oxygen atoms in total. The molecule has 0 bridgehead atoms. The van der Waals surface area contributed by atoms with Gasteiger partial charge in [-0.05, 0) is 12.8 Å². The van der Waals surface area contributed by atoms with Crippen molar-refractivity contribution in [2.75, 3.05) is 6.61 Å². The minimum absolute atomic E-state index is 0.0242. The number of carboxylic acids is 1. The fourth-order valence-corrected chi connectivity index (χ4v) is 0.395. The van der Waals surface area contributed by atoms with E-state index in [2.05, 4.69) is 0 Å². The molecule has 3 heteroatoms. The van der Waals surface area contributed by atoms with E-state index in [0.29, 0.717) is 5.92 Å². The molecule has 1 unspecified atom stereocenters. The SMILES string of the molecule is CC(C)C(C)OCC(=O)O. The Morgan fingerprint density at radius 2 is 2.00 bits per heavy atom. The van der Waals surface area contributed by atoms with Crippen LogP contribution in [0.4, 0.5) is 0 Å². The van der Waals surface area contributed by atoms with Gasteiger partial charge in [-0.15, -0.1) is 0 Å². The fraction of sp³-hybridized carbons (Fsp3) is 0.857. The molecule has 0 amide bonds. The number of ether oxygens (including phenoxy) is 1. The predicted molar refractivity (Wildman–Crippen MR) is 37.9 cm³/mol. The standard InChI is InChI=1S/C7H14O3/c1-5(2)6(3)10-4-7(8)9/h5-6H,4H2,1-3H3,(H,8,9). The number of carbonyl (C=O) groups is 1. The third-order valence-electron chi connectivity index (χ3n) is 1.41. The molecule has 0 aliphatic rings. The summed E-state index contributed by atoms with van der Waals surface area (Å²) in [7, 11) is 0. The second kappa shape index (κ2) is 4.28. The van der Waals surface area contributed by atoms with Crippen molar-refractivity contribution >= 4 is 5.97 Å². The Kier molecular flexibility index (Phi) is 4.03. The summed E-state index contributed by atoms with van der Waals surface area (Å²) in [5.74, 6) is -0.535. The summed E-state index contributed by atoms with van der Waals surface area (Å²) in [6.07, 6.45) is 0.0242. The molecule has 1 atom stereocenters. The maximum atomic E-state index is 10.0. The molecule has 0 saturated carbocycles. The van der Waals surface area contributed by atoms with Gasteiger partial charge in [0.25, 0.3) is 0 Å². The Morgan fingerprint density at radius 1 is 1.50 bits per heavy atom. The quantitative estimate of drug-likeness (QED) is 0.646. The largest absolute Gasteiger partial charge is 0.480 e. The highest BCUT2D eigenvalue weighted by atomic mass is 16.5. The first-order chi connectivity index (χ1) is 4.54. The van der Waals surface area contributed by atoms with Gasteiger partial charge in [-0.25, -0.2) is 4.79 Å². The molecule has 0 radical (unpaired) electrons.